The van der Waals surface area contributed by atoms with Gasteiger partial charge in [0.05, 0.1) is 5.41 Å². The zero-order chi connectivity index (χ0) is 18.8. The first-order chi connectivity index (χ1) is 12.9. The average Bonchev–Trinajstić information content (AvgIpc) is 3.31. The van der Waals surface area contributed by atoms with Gasteiger partial charge in [0, 0.05) is 40.8 Å². The molecule has 136 valence electrons. The van der Waals surface area contributed by atoms with Crippen molar-refractivity contribution in [1.29, 1.82) is 0 Å². The summed E-state index contributed by atoms with van der Waals surface area (Å²) in [4.78, 5) is 19.1. The third-order valence-corrected chi connectivity index (χ3v) is 5.58. The standard InChI is InChI=1S/C22H21N3O2/c1-13-10-14(8-9-23-13)18-12-20(27-24-18)15-4-7-17-19(11-15)25(16-5-6-16)21(26)22(17,2)3/h4,7-12,16H,5-6H2,1-3H3. The van der Waals surface area contributed by atoms with Gasteiger partial charge in [-0.15, -0.1) is 0 Å². The van der Waals surface area contributed by atoms with E-state index in [-0.39, 0.29) is 5.91 Å². The molecule has 1 fully saturated rings. The predicted molar refractivity (Wildman–Crippen MR) is 103 cm³/mol. The molecule has 3 heterocycles. The zero-order valence-corrected chi connectivity index (χ0v) is 15.7. The minimum atomic E-state index is -0.475. The van der Waals surface area contributed by atoms with Gasteiger partial charge in [-0.3, -0.25) is 9.78 Å². The summed E-state index contributed by atoms with van der Waals surface area (Å²) in [5.41, 5.74) is 5.28. The molecule has 1 aliphatic heterocycles. The monoisotopic (exact) mass is 359 g/mol. The van der Waals surface area contributed by atoms with Gasteiger partial charge in [0.15, 0.2) is 5.76 Å². The van der Waals surface area contributed by atoms with E-state index in [2.05, 4.69) is 22.3 Å². The van der Waals surface area contributed by atoms with Gasteiger partial charge in [0.1, 0.15) is 5.69 Å². The highest BCUT2D eigenvalue weighted by atomic mass is 16.5. The van der Waals surface area contributed by atoms with Crippen LogP contribution in [0.5, 0.6) is 0 Å². The fourth-order valence-corrected chi connectivity index (χ4v) is 3.89. The van der Waals surface area contributed by atoms with E-state index < -0.39 is 5.41 Å². The molecule has 5 nitrogen and oxygen atoms in total. The lowest BCUT2D eigenvalue weighted by atomic mass is 9.86. The zero-order valence-electron chi connectivity index (χ0n) is 15.7. The number of anilines is 1. The summed E-state index contributed by atoms with van der Waals surface area (Å²) in [5.74, 6) is 0.901. The number of hydrogen-bond donors (Lipinski definition) is 0. The Labute approximate surface area is 158 Å². The number of fused-ring (bicyclic) bond motifs is 1. The molecule has 1 amide bonds. The lowest BCUT2D eigenvalue weighted by molar-refractivity contribution is -0.122. The van der Waals surface area contributed by atoms with Gasteiger partial charge in [-0.1, -0.05) is 17.3 Å². The van der Waals surface area contributed by atoms with Crippen LogP contribution in [-0.4, -0.2) is 22.1 Å². The van der Waals surface area contributed by atoms with Crippen molar-refractivity contribution in [3.05, 3.63) is 53.9 Å². The second kappa shape index (κ2) is 5.52. The van der Waals surface area contributed by atoms with Crippen LogP contribution in [0, 0.1) is 6.92 Å². The number of benzene rings is 1. The van der Waals surface area contributed by atoms with Crippen molar-refractivity contribution in [1.82, 2.24) is 10.1 Å². The Kier molecular flexibility index (Phi) is 3.32. The molecule has 0 bridgehead atoms. The minimum Gasteiger partial charge on any atom is -0.356 e. The summed E-state index contributed by atoms with van der Waals surface area (Å²) in [6.45, 7) is 5.97. The molecule has 1 aliphatic carbocycles. The molecule has 5 heteroatoms. The first-order valence-corrected chi connectivity index (χ1v) is 9.33. The number of carbonyl (C=O) groups excluding carboxylic acids is 1. The van der Waals surface area contributed by atoms with E-state index in [1.165, 1.54) is 0 Å². The van der Waals surface area contributed by atoms with Crippen LogP contribution in [0.1, 0.15) is 37.9 Å². The highest BCUT2D eigenvalue weighted by molar-refractivity contribution is 6.08. The maximum absolute atomic E-state index is 12.9. The molecule has 0 N–H and O–H groups in total. The highest BCUT2D eigenvalue weighted by Crippen LogP contribution is 2.47. The molecule has 3 aromatic rings. The Hall–Kier alpha value is -2.95. The molecular formula is C22H21N3O2. The van der Waals surface area contributed by atoms with Crippen LogP contribution in [0.15, 0.2) is 47.1 Å². The number of carbonyl (C=O) groups is 1. The van der Waals surface area contributed by atoms with Crippen LogP contribution in [0.25, 0.3) is 22.6 Å². The Morgan fingerprint density at radius 1 is 1.11 bits per heavy atom. The van der Waals surface area contributed by atoms with Crippen LogP contribution in [-0.2, 0) is 10.2 Å². The van der Waals surface area contributed by atoms with Crippen LogP contribution in [0.2, 0.25) is 0 Å². The highest BCUT2D eigenvalue weighted by Gasteiger charge is 2.49. The quantitative estimate of drug-likeness (QED) is 0.691. The van der Waals surface area contributed by atoms with Crippen LogP contribution in [0.4, 0.5) is 5.69 Å². The number of aryl methyl sites for hydroxylation is 1. The lowest BCUT2D eigenvalue weighted by Gasteiger charge is -2.19. The Morgan fingerprint density at radius 3 is 2.67 bits per heavy atom. The number of hydrogen-bond acceptors (Lipinski definition) is 4. The minimum absolute atomic E-state index is 0.197. The van der Waals surface area contributed by atoms with Crippen molar-refractivity contribution in [2.75, 3.05) is 4.90 Å². The van der Waals surface area contributed by atoms with Gasteiger partial charge < -0.3 is 9.42 Å². The first-order valence-electron chi connectivity index (χ1n) is 9.33. The fraction of sp³-hybridized carbons (Fsp3) is 0.318. The maximum Gasteiger partial charge on any atom is 0.237 e. The summed E-state index contributed by atoms with van der Waals surface area (Å²) in [7, 11) is 0. The van der Waals surface area contributed by atoms with Gasteiger partial charge in [-0.2, -0.15) is 0 Å². The molecule has 0 unspecified atom stereocenters. The van der Waals surface area contributed by atoms with Crippen molar-refractivity contribution in [2.45, 2.75) is 45.1 Å². The number of amides is 1. The summed E-state index contributed by atoms with van der Waals surface area (Å²) >= 11 is 0. The van der Waals surface area contributed by atoms with E-state index in [1.807, 2.05) is 49.9 Å². The molecule has 0 saturated heterocycles. The topological polar surface area (TPSA) is 59.2 Å². The van der Waals surface area contributed by atoms with Crippen molar-refractivity contribution in [3.63, 3.8) is 0 Å². The largest absolute Gasteiger partial charge is 0.356 e. The van der Waals surface area contributed by atoms with E-state index in [0.29, 0.717) is 11.8 Å². The van der Waals surface area contributed by atoms with E-state index >= 15 is 0 Å². The molecule has 5 rings (SSSR count). The Morgan fingerprint density at radius 2 is 1.93 bits per heavy atom. The fourth-order valence-electron chi connectivity index (χ4n) is 3.89. The van der Waals surface area contributed by atoms with Gasteiger partial charge in [-0.25, -0.2) is 0 Å². The van der Waals surface area contributed by atoms with Crippen molar-refractivity contribution < 1.29 is 9.32 Å². The molecule has 0 radical (unpaired) electrons. The summed E-state index contributed by atoms with van der Waals surface area (Å²) in [6, 6.07) is 12.4. The molecule has 0 atom stereocenters. The van der Waals surface area contributed by atoms with Gasteiger partial charge in [0.2, 0.25) is 5.91 Å². The first kappa shape index (κ1) is 16.2. The molecule has 0 spiro atoms. The summed E-state index contributed by atoms with van der Waals surface area (Å²) in [6.07, 6.45) is 3.94. The predicted octanol–water partition coefficient (Wildman–Crippen LogP) is 4.50. The average molecular weight is 359 g/mol. The molecular weight excluding hydrogens is 338 g/mol. The molecule has 2 aliphatic rings. The second-order valence-corrected chi connectivity index (χ2v) is 8.03. The van der Waals surface area contributed by atoms with E-state index in [9.17, 15) is 4.79 Å². The lowest BCUT2D eigenvalue weighted by Crippen LogP contribution is -2.37. The van der Waals surface area contributed by atoms with E-state index in [1.54, 1.807) is 6.20 Å². The Balaban J connectivity index is 1.56. The van der Waals surface area contributed by atoms with E-state index in [0.717, 1.165) is 46.6 Å². The van der Waals surface area contributed by atoms with Gasteiger partial charge in [0.25, 0.3) is 0 Å². The summed E-state index contributed by atoms with van der Waals surface area (Å²) in [5, 5.41) is 4.22. The van der Waals surface area contributed by atoms with Gasteiger partial charge >= 0.3 is 0 Å². The maximum atomic E-state index is 12.9. The number of pyridine rings is 1. The van der Waals surface area contributed by atoms with Crippen molar-refractivity contribution in [3.8, 4) is 22.6 Å². The van der Waals surface area contributed by atoms with Crippen LogP contribution < -0.4 is 4.90 Å². The summed E-state index contributed by atoms with van der Waals surface area (Å²) < 4.78 is 5.62. The van der Waals surface area contributed by atoms with Gasteiger partial charge in [-0.05, 0) is 57.4 Å². The SMILES string of the molecule is Cc1cc(-c2cc(-c3ccc4c(c3)N(C3CC3)C(=O)C4(C)C)on2)ccn1. The van der Waals surface area contributed by atoms with Crippen molar-refractivity contribution in [2.24, 2.45) is 0 Å². The Bertz CT molecular complexity index is 1060. The molecule has 1 saturated carbocycles. The number of nitrogens with zero attached hydrogens (tertiary/aromatic N) is 3. The van der Waals surface area contributed by atoms with Crippen LogP contribution in [0.3, 0.4) is 0 Å². The molecule has 2 aromatic heterocycles. The van der Waals surface area contributed by atoms with Crippen molar-refractivity contribution >= 4 is 11.6 Å². The van der Waals surface area contributed by atoms with E-state index in [4.69, 9.17) is 4.52 Å². The van der Waals surface area contributed by atoms with Crippen LogP contribution >= 0.6 is 0 Å². The molecule has 1 aromatic carbocycles. The second-order valence-electron chi connectivity index (χ2n) is 8.03. The normalized spacial score (nSPS) is 18.0. The number of rotatable bonds is 3. The smallest absolute Gasteiger partial charge is 0.237 e. The molecule has 27 heavy (non-hydrogen) atoms. The third-order valence-electron chi connectivity index (χ3n) is 5.58. The third kappa shape index (κ3) is 2.49. The number of aromatic nitrogens is 2.